The normalized spacial score (nSPS) is 9.46. The van der Waals surface area contributed by atoms with E-state index < -0.39 is 0 Å². The molecule has 0 aromatic heterocycles. The number of nitrogens with one attached hydrogen (secondary N) is 1. The van der Waals surface area contributed by atoms with Crippen LogP contribution < -0.4 is 5.32 Å². The Kier molecular flexibility index (Phi) is 13.0. The topological polar surface area (TPSA) is 47.6 Å². The Morgan fingerprint density at radius 2 is 1.69 bits per heavy atom. The summed E-state index contributed by atoms with van der Waals surface area (Å²) in [6, 6.07) is 0. The summed E-state index contributed by atoms with van der Waals surface area (Å²) in [4.78, 5) is 9.60. The number of carbonyl (C=O) groups is 1. The van der Waals surface area contributed by atoms with Crippen LogP contribution in [0.3, 0.4) is 0 Å². The molecule has 0 bridgehead atoms. The van der Waals surface area contributed by atoms with Crippen molar-refractivity contribution in [2.75, 3.05) is 20.8 Å². The van der Waals surface area contributed by atoms with Crippen molar-refractivity contribution in [3.05, 3.63) is 0 Å². The van der Waals surface area contributed by atoms with E-state index in [4.69, 9.17) is 0 Å². The molecular formula is C9H21NO3. The first kappa shape index (κ1) is 14.9. The van der Waals surface area contributed by atoms with Gasteiger partial charge in [0, 0.05) is 20.8 Å². The first-order chi connectivity index (χ1) is 6.08. The molecule has 0 rings (SSSR count). The van der Waals surface area contributed by atoms with E-state index in [0.717, 1.165) is 13.0 Å². The van der Waals surface area contributed by atoms with E-state index in [0.29, 0.717) is 5.92 Å². The first-order valence-electron chi connectivity index (χ1n) is 4.31. The second kappa shape index (κ2) is 11.4. The number of ether oxygens (including phenoxy) is 2. The number of hydrogen-bond donors (Lipinski definition) is 1. The molecule has 1 N–H and O–H groups in total. The first-order valence-corrected chi connectivity index (χ1v) is 4.31. The lowest BCUT2D eigenvalue weighted by Gasteiger charge is -2.03. The Bertz CT molecular complexity index is 103. The van der Waals surface area contributed by atoms with Gasteiger partial charge in [-0.05, 0) is 12.8 Å². The molecule has 13 heavy (non-hydrogen) atoms. The van der Waals surface area contributed by atoms with Gasteiger partial charge < -0.3 is 14.8 Å². The van der Waals surface area contributed by atoms with Crippen molar-refractivity contribution < 1.29 is 14.3 Å². The van der Waals surface area contributed by atoms with Gasteiger partial charge in [-0.3, -0.25) is 4.79 Å². The van der Waals surface area contributed by atoms with Crippen LogP contribution in [0.4, 0.5) is 0 Å². The van der Waals surface area contributed by atoms with E-state index in [2.05, 4.69) is 28.6 Å². The van der Waals surface area contributed by atoms with E-state index in [9.17, 15) is 4.79 Å². The molecule has 0 aliphatic heterocycles. The standard InChI is InChI=1S/C5H11NO.C4H10O2/c1-5(2)3-6-4-7;1-4(5-2)6-3/h4-5H,3H2,1-2H3,(H,6,7);4H,1-3H3. The molecule has 0 aliphatic rings. The van der Waals surface area contributed by atoms with Gasteiger partial charge in [0.25, 0.3) is 0 Å². The molecule has 1 amide bonds. The maximum Gasteiger partial charge on any atom is 0.207 e. The molecule has 0 spiro atoms. The Morgan fingerprint density at radius 1 is 1.23 bits per heavy atom. The molecule has 0 heterocycles. The average molecular weight is 191 g/mol. The van der Waals surface area contributed by atoms with Crippen LogP contribution in [0, 0.1) is 5.92 Å². The van der Waals surface area contributed by atoms with E-state index in [1.807, 2.05) is 6.92 Å². The number of carbonyl (C=O) groups excluding carboxylic acids is 1. The molecule has 80 valence electrons. The van der Waals surface area contributed by atoms with Crippen LogP contribution in [-0.2, 0) is 14.3 Å². The summed E-state index contributed by atoms with van der Waals surface area (Å²) in [6.07, 6.45) is 0.657. The Hall–Kier alpha value is -0.610. The van der Waals surface area contributed by atoms with Gasteiger partial charge in [-0.2, -0.15) is 0 Å². The summed E-state index contributed by atoms with van der Waals surface area (Å²) in [7, 11) is 3.21. The minimum Gasteiger partial charge on any atom is -0.358 e. The summed E-state index contributed by atoms with van der Waals surface area (Å²) in [6.45, 7) is 6.72. The van der Waals surface area contributed by atoms with Crippen LogP contribution in [0.25, 0.3) is 0 Å². The SMILES string of the molecule is CC(C)CNC=O.COC(C)OC. The van der Waals surface area contributed by atoms with Crippen molar-refractivity contribution in [3.8, 4) is 0 Å². The monoisotopic (exact) mass is 191 g/mol. The quantitative estimate of drug-likeness (QED) is 0.521. The predicted molar refractivity (Wildman–Crippen MR) is 52.4 cm³/mol. The van der Waals surface area contributed by atoms with Crippen LogP contribution in [0.15, 0.2) is 0 Å². The molecule has 4 heteroatoms. The lowest BCUT2D eigenvalue weighted by Crippen LogP contribution is -2.16. The summed E-state index contributed by atoms with van der Waals surface area (Å²) in [5.41, 5.74) is 0. The van der Waals surface area contributed by atoms with Gasteiger partial charge in [-0.25, -0.2) is 0 Å². The van der Waals surface area contributed by atoms with Crippen LogP contribution in [0.5, 0.6) is 0 Å². The van der Waals surface area contributed by atoms with Crippen LogP contribution in [0.1, 0.15) is 20.8 Å². The van der Waals surface area contributed by atoms with Gasteiger partial charge in [0.15, 0.2) is 6.29 Å². The highest BCUT2D eigenvalue weighted by Crippen LogP contribution is 1.84. The number of methoxy groups -OCH3 is 2. The van der Waals surface area contributed by atoms with Gasteiger partial charge in [-0.15, -0.1) is 0 Å². The van der Waals surface area contributed by atoms with Gasteiger partial charge in [0.05, 0.1) is 0 Å². The van der Waals surface area contributed by atoms with Crippen molar-refractivity contribution >= 4 is 6.41 Å². The van der Waals surface area contributed by atoms with Crippen molar-refractivity contribution in [2.24, 2.45) is 5.92 Å². The van der Waals surface area contributed by atoms with Crippen molar-refractivity contribution in [3.63, 3.8) is 0 Å². The third-order valence-corrected chi connectivity index (χ3v) is 1.27. The Labute approximate surface area is 80.6 Å². The van der Waals surface area contributed by atoms with Crippen molar-refractivity contribution in [1.29, 1.82) is 0 Å². The minimum absolute atomic E-state index is 0.0648. The van der Waals surface area contributed by atoms with Crippen LogP contribution in [-0.4, -0.2) is 33.5 Å². The van der Waals surface area contributed by atoms with Gasteiger partial charge in [0.2, 0.25) is 6.41 Å². The van der Waals surface area contributed by atoms with Crippen molar-refractivity contribution in [2.45, 2.75) is 27.1 Å². The van der Waals surface area contributed by atoms with Crippen LogP contribution >= 0.6 is 0 Å². The smallest absolute Gasteiger partial charge is 0.207 e. The third-order valence-electron chi connectivity index (χ3n) is 1.27. The van der Waals surface area contributed by atoms with E-state index in [1.165, 1.54) is 0 Å². The fraction of sp³-hybridized carbons (Fsp3) is 0.889. The minimum atomic E-state index is -0.0648. The van der Waals surface area contributed by atoms with E-state index in [-0.39, 0.29) is 6.29 Å². The number of rotatable bonds is 5. The van der Waals surface area contributed by atoms with Gasteiger partial charge in [0.1, 0.15) is 0 Å². The zero-order valence-electron chi connectivity index (χ0n) is 9.16. The molecule has 0 aliphatic carbocycles. The number of amides is 1. The lowest BCUT2D eigenvalue weighted by atomic mass is 10.2. The third kappa shape index (κ3) is 18.4. The molecule has 0 saturated heterocycles. The second-order valence-corrected chi connectivity index (χ2v) is 2.96. The zero-order valence-corrected chi connectivity index (χ0v) is 9.16. The average Bonchev–Trinajstić information content (AvgIpc) is 2.14. The van der Waals surface area contributed by atoms with Gasteiger partial charge >= 0.3 is 0 Å². The highest BCUT2D eigenvalue weighted by Gasteiger charge is 1.88. The highest BCUT2D eigenvalue weighted by atomic mass is 16.7. The Balaban J connectivity index is 0. The molecule has 0 aromatic carbocycles. The van der Waals surface area contributed by atoms with E-state index >= 15 is 0 Å². The molecule has 0 atom stereocenters. The fourth-order valence-corrected chi connectivity index (χ4v) is 0.380. The lowest BCUT2D eigenvalue weighted by molar-refractivity contribution is -0.109. The Morgan fingerprint density at radius 3 is 1.77 bits per heavy atom. The van der Waals surface area contributed by atoms with E-state index in [1.54, 1.807) is 14.2 Å². The van der Waals surface area contributed by atoms with Crippen molar-refractivity contribution in [1.82, 2.24) is 5.32 Å². The maximum absolute atomic E-state index is 9.60. The van der Waals surface area contributed by atoms with Gasteiger partial charge in [-0.1, -0.05) is 13.8 Å². The highest BCUT2D eigenvalue weighted by molar-refractivity contribution is 5.45. The summed E-state index contributed by atoms with van der Waals surface area (Å²) < 4.78 is 9.35. The molecule has 4 nitrogen and oxygen atoms in total. The maximum atomic E-state index is 9.60. The molecule has 0 radical (unpaired) electrons. The molecular weight excluding hydrogens is 170 g/mol. The molecule has 0 unspecified atom stereocenters. The molecule has 0 aromatic rings. The van der Waals surface area contributed by atoms with Crippen LogP contribution in [0.2, 0.25) is 0 Å². The fourth-order valence-electron chi connectivity index (χ4n) is 0.380. The summed E-state index contributed by atoms with van der Waals surface area (Å²) in [5.74, 6) is 0.560. The predicted octanol–water partition coefficient (Wildman–Crippen LogP) is 1.01. The molecule has 0 saturated carbocycles. The summed E-state index contributed by atoms with van der Waals surface area (Å²) in [5, 5.41) is 2.57. The second-order valence-electron chi connectivity index (χ2n) is 2.96. The summed E-state index contributed by atoms with van der Waals surface area (Å²) >= 11 is 0. The zero-order chi connectivity index (χ0) is 10.7. The number of hydrogen-bond acceptors (Lipinski definition) is 3. The molecule has 0 fully saturated rings. The largest absolute Gasteiger partial charge is 0.358 e.